The van der Waals surface area contributed by atoms with Crippen LogP contribution in [-0.2, 0) is 11.1 Å². The van der Waals surface area contributed by atoms with E-state index in [-0.39, 0.29) is 11.1 Å². The van der Waals surface area contributed by atoms with Gasteiger partial charge in [0.15, 0.2) is 0 Å². The third-order valence-corrected chi connectivity index (χ3v) is 4.92. The van der Waals surface area contributed by atoms with Gasteiger partial charge in [0, 0.05) is 10.0 Å². The van der Waals surface area contributed by atoms with E-state index in [2.05, 4.69) is 31.3 Å². The molecule has 0 saturated carbocycles. The molecule has 0 amide bonds. The number of benzene rings is 2. The van der Waals surface area contributed by atoms with E-state index in [1.807, 2.05) is 36.4 Å². The van der Waals surface area contributed by atoms with Crippen LogP contribution in [0, 0.1) is 0 Å². The molecule has 1 nitrogen and oxygen atoms in total. The Kier molecular flexibility index (Phi) is 2.90. The summed E-state index contributed by atoms with van der Waals surface area (Å²) < 4.78 is 0. The molecule has 2 aromatic carbocycles. The summed E-state index contributed by atoms with van der Waals surface area (Å²) in [5.74, 6) is 0. The van der Waals surface area contributed by atoms with Gasteiger partial charge in [0.05, 0.1) is 11.1 Å². The third kappa shape index (κ3) is 1.80. The maximum atomic E-state index is 6.33. The van der Waals surface area contributed by atoms with E-state index in [0.717, 1.165) is 21.2 Å². The summed E-state index contributed by atoms with van der Waals surface area (Å²) in [6, 6.07) is 15.9. The molecule has 0 aliphatic carbocycles. The van der Waals surface area contributed by atoms with E-state index in [1.165, 1.54) is 0 Å². The van der Waals surface area contributed by atoms with Gasteiger partial charge in [0.1, 0.15) is 0 Å². The summed E-state index contributed by atoms with van der Waals surface area (Å²) in [5, 5.41) is 5.14. The molecular formula is C16H15Cl2N. The summed E-state index contributed by atoms with van der Waals surface area (Å²) in [6.45, 7) is 4.33. The van der Waals surface area contributed by atoms with Gasteiger partial charge < -0.3 is 0 Å². The Hall–Kier alpha value is -1.02. The lowest BCUT2D eigenvalue weighted by Crippen LogP contribution is -2.17. The van der Waals surface area contributed by atoms with Crippen LogP contribution in [-0.4, -0.2) is 0 Å². The normalized spacial score (nSPS) is 29.3. The van der Waals surface area contributed by atoms with E-state index in [9.17, 15) is 0 Å². The number of nitrogens with one attached hydrogen (secondary N) is 1. The van der Waals surface area contributed by atoms with Crippen LogP contribution in [0.1, 0.15) is 25.0 Å². The fourth-order valence-corrected chi connectivity index (χ4v) is 3.52. The molecular weight excluding hydrogens is 277 g/mol. The minimum absolute atomic E-state index is 0.184. The zero-order chi connectivity index (χ0) is 13.7. The van der Waals surface area contributed by atoms with Crippen molar-refractivity contribution in [3.05, 3.63) is 69.7 Å². The van der Waals surface area contributed by atoms with Crippen LogP contribution in [0.3, 0.4) is 0 Å². The molecule has 3 heteroatoms. The van der Waals surface area contributed by atoms with Gasteiger partial charge in [0.25, 0.3) is 0 Å². The van der Waals surface area contributed by atoms with Crippen LogP contribution in [0.25, 0.3) is 0 Å². The predicted molar refractivity (Wildman–Crippen MR) is 80.7 cm³/mol. The van der Waals surface area contributed by atoms with Crippen molar-refractivity contribution in [2.24, 2.45) is 0 Å². The second-order valence-electron chi connectivity index (χ2n) is 5.33. The van der Waals surface area contributed by atoms with Crippen molar-refractivity contribution >= 4 is 23.2 Å². The van der Waals surface area contributed by atoms with Crippen molar-refractivity contribution in [1.82, 2.24) is 5.32 Å². The molecule has 1 fully saturated rings. The van der Waals surface area contributed by atoms with Gasteiger partial charge in [-0.25, -0.2) is 0 Å². The molecule has 0 aromatic heterocycles. The topological polar surface area (TPSA) is 21.9 Å². The molecule has 2 aromatic rings. The second-order valence-corrected chi connectivity index (χ2v) is 6.15. The summed E-state index contributed by atoms with van der Waals surface area (Å²) in [5.41, 5.74) is 1.85. The van der Waals surface area contributed by atoms with Gasteiger partial charge in [-0.05, 0) is 37.1 Å². The molecule has 0 radical (unpaired) electrons. The molecule has 98 valence electrons. The van der Waals surface area contributed by atoms with Gasteiger partial charge in [-0.15, -0.1) is 0 Å². The lowest BCUT2D eigenvalue weighted by atomic mass is 9.84. The molecule has 19 heavy (non-hydrogen) atoms. The van der Waals surface area contributed by atoms with Gasteiger partial charge >= 0.3 is 0 Å². The molecule has 1 heterocycles. The van der Waals surface area contributed by atoms with E-state index < -0.39 is 0 Å². The quantitative estimate of drug-likeness (QED) is 0.794. The van der Waals surface area contributed by atoms with Gasteiger partial charge in [-0.2, -0.15) is 0 Å². The Morgan fingerprint density at radius 2 is 1.11 bits per heavy atom. The van der Waals surface area contributed by atoms with Crippen molar-refractivity contribution in [1.29, 1.82) is 0 Å². The van der Waals surface area contributed by atoms with Crippen LogP contribution in [0.15, 0.2) is 48.5 Å². The van der Waals surface area contributed by atoms with Crippen LogP contribution in [0.4, 0.5) is 0 Å². The predicted octanol–water partition coefficient (Wildman–Crippen LogP) is 4.73. The Morgan fingerprint density at radius 1 is 0.737 bits per heavy atom. The Morgan fingerprint density at radius 3 is 1.47 bits per heavy atom. The van der Waals surface area contributed by atoms with Crippen LogP contribution >= 0.6 is 23.2 Å². The minimum atomic E-state index is -0.184. The van der Waals surface area contributed by atoms with Gasteiger partial charge in [-0.3, -0.25) is 5.32 Å². The van der Waals surface area contributed by atoms with E-state index in [1.54, 1.807) is 0 Å². The first-order valence-corrected chi connectivity index (χ1v) is 7.04. The highest BCUT2D eigenvalue weighted by Crippen LogP contribution is 2.56. The third-order valence-electron chi connectivity index (χ3n) is 4.26. The first-order chi connectivity index (χ1) is 8.99. The number of hydrogen-bond donors (Lipinski definition) is 1. The standard InChI is InChI=1S/C16H15Cl2N/c1-15(11-7-3-5-9-13(11)17)16(2,19-15)12-8-4-6-10-14(12)18/h3-10,19H,1-2H3. The van der Waals surface area contributed by atoms with E-state index in [0.29, 0.717) is 0 Å². The van der Waals surface area contributed by atoms with E-state index >= 15 is 0 Å². The lowest BCUT2D eigenvalue weighted by Gasteiger charge is -2.18. The summed E-state index contributed by atoms with van der Waals surface area (Å²) in [6.07, 6.45) is 0. The zero-order valence-corrected chi connectivity index (χ0v) is 12.4. The molecule has 1 N–H and O–H groups in total. The zero-order valence-electron chi connectivity index (χ0n) is 10.9. The largest absolute Gasteiger partial charge is 0.294 e. The van der Waals surface area contributed by atoms with Crippen LogP contribution in [0.2, 0.25) is 10.0 Å². The first kappa shape index (κ1) is 13.0. The number of rotatable bonds is 2. The average molecular weight is 292 g/mol. The maximum Gasteiger partial charge on any atom is 0.0652 e. The second kappa shape index (κ2) is 4.24. The molecule has 1 aliphatic rings. The smallest absolute Gasteiger partial charge is 0.0652 e. The molecule has 0 spiro atoms. The Balaban J connectivity index is 2.08. The molecule has 0 bridgehead atoms. The Labute approximate surface area is 123 Å². The highest BCUT2D eigenvalue weighted by atomic mass is 35.5. The maximum absolute atomic E-state index is 6.33. The van der Waals surface area contributed by atoms with Crippen molar-refractivity contribution in [2.75, 3.05) is 0 Å². The lowest BCUT2D eigenvalue weighted by molar-refractivity contribution is 0.620. The average Bonchev–Trinajstić information content (AvgIpc) is 2.95. The fourth-order valence-electron chi connectivity index (χ4n) is 2.88. The minimum Gasteiger partial charge on any atom is -0.294 e. The van der Waals surface area contributed by atoms with Crippen LogP contribution in [0.5, 0.6) is 0 Å². The van der Waals surface area contributed by atoms with Gasteiger partial charge in [0.2, 0.25) is 0 Å². The fraction of sp³-hybridized carbons (Fsp3) is 0.250. The first-order valence-electron chi connectivity index (χ1n) is 6.28. The SMILES string of the molecule is CC1(c2ccccc2Cl)NC1(C)c1ccccc1Cl. The van der Waals surface area contributed by atoms with Gasteiger partial charge in [-0.1, -0.05) is 59.6 Å². The molecule has 1 aliphatic heterocycles. The van der Waals surface area contributed by atoms with Crippen molar-refractivity contribution < 1.29 is 0 Å². The highest BCUT2D eigenvalue weighted by molar-refractivity contribution is 6.32. The number of hydrogen-bond acceptors (Lipinski definition) is 1. The monoisotopic (exact) mass is 291 g/mol. The van der Waals surface area contributed by atoms with Crippen molar-refractivity contribution in [2.45, 2.75) is 24.9 Å². The Bertz CT molecular complexity index is 585. The summed E-state index contributed by atoms with van der Waals surface area (Å²) in [4.78, 5) is 0. The highest BCUT2D eigenvalue weighted by Gasteiger charge is 2.63. The number of halogens is 2. The van der Waals surface area contributed by atoms with Crippen LogP contribution < -0.4 is 5.32 Å². The molecule has 2 unspecified atom stereocenters. The van der Waals surface area contributed by atoms with Crippen molar-refractivity contribution in [3.8, 4) is 0 Å². The summed E-state index contributed by atoms with van der Waals surface area (Å²) >= 11 is 12.7. The van der Waals surface area contributed by atoms with E-state index in [4.69, 9.17) is 23.2 Å². The molecule has 3 rings (SSSR count). The van der Waals surface area contributed by atoms with Crippen molar-refractivity contribution in [3.63, 3.8) is 0 Å². The summed E-state index contributed by atoms with van der Waals surface area (Å²) in [7, 11) is 0. The molecule has 1 saturated heterocycles. The molecule has 2 atom stereocenters.